The summed E-state index contributed by atoms with van der Waals surface area (Å²) >= 11 is 0. The normalized spacial score (nSPS) is 12.2. The number of methoxy groups -OCH3 is 1. The Morgan fingerprint density at radius 2 is 2.12 bits per heavy atom. The van der Waals surface area contributed by atoms with E-state index in [0.29, 0.717) is 5.75 Å². The highest BCUT2D eigenvalue weighted by molar-refractivity contribution is 5.42. The van der Waals surface area contributed by atoms with Crippen LogP contribution in [0.5, 0.6) is 5.75 Å². The van der Waals surface area contributed by atoms with Crippen molar-refractivity contribution in [3.05, 3.63) is 59.4 Å². The molecule has 1 atom stereocenters. The quantitative estimate of drug-likeness (QED) is 0.879. The van der Waals surface area contributed by atoms with Gasteiger partial charge in [-0.1, -0.05) is 18.2 Å². The van der Waals surface area contributed by atoms with Crippen LogP contribution in [0.4, 0.5) is 0 Å². The van der Waals surface area contributed by atoms with Crippen molar-refractivity contribution in [2.24, 2.45) is 0 Å². The summed E-state index contributed by atoms with van der Waals surface area (Å²) in [6.45, 7) is 1.99. The number of hydrogen-bond acceptors (Lipinski definition) is 3. The first-order chi connectivity index (χ1) is 8.22. The maximum absolute atomic E-state index is 10.3. The van der Waals surface area contributed by atoms with Crippen LogP contribution in [0.15, 0.2) is 42.7 Å². The van der Waals surface area contributed by atoms with Crippen LogP contribution in [-0.4, -0.2) is 17.2 Å². The molecule has 0 radical (unpaired) electrons. The summed E-state index contributed by atoms with van der Waals surface area (Å²) in [6, 6.07) is 9.40. The van der Waals surface area contributed by atoms with Gasteiger partial charge in [0.15, 0.2) is 0 Å². The van der Waals surface area contributed by atoms with Gasteiger partial charge in [0.1, 0.15) is 11.9 Å². The maximum atomic E-state index is 10.3. The van der Waals surface area contributed by atoms with Crippen molar-refractivity contribution in [3.8, 4) is 5.75 Å². The molecule has 2 rings (SSSR count). The highest BCUT2D eigenvalue weighted by Gasteiger charge is 2.15. The van der Waals surface area contributed by atoms with Crippen molar-refractivity contribution in [2.45, 2.75) is 13.0 Å². The zero-order chi connectivity index (χ0) is 12.3. The topological polar surface area (TPSA) is 42.4 Å². The Morgan fingerprint density at radius 1 is 1.29 bits per heavy atom. The van der Waals surface area contributed by atoms with Gasteiger partial charge in [0.05, 0.1) is 7.11 Å². The molecule has 1 aromatic carbocycles. The average molecular weight is 229 g/mol. The van der Waals surface area contributed by atoms with E-state index in [1.54, 1.807) is 25.6 Å². The molecular weight excluding hydrogens is 214 g/mol. The van der Waals surface area contributed by atoms with Gasteiger partial charge in [-0.3, -0.25) is 4.98 Å². The molecule has 3 nitrogen and oxygen atoms in total. The van der Waals surface area contributed by atoms with Gasteiger partial charge >= 0.3 is 0 Å². The Kier molecular flexibility index (Phi) is 3.40. The lowest BCUT2D eigenvalue weighted by atomic mass is 10.0. The van der Waals surface area contributed by atoms with Crippen molar-refractivity contribution in [3.63, 3.8) is 0 Å². The highest BCUT2D eigenvalue weighted by Crippen LogP contribution is 2.30. The zero-order valence-corrected chi connectivity index (χ0v) is 9.92. The first-order valence-corrected chi connectivity index (χ1v) is 5.45. The molecule has 1 unspecified atom stereocenters. The molecule has 17 heavy (non-hydrogen) atoms. The number of hydrogen-bond donors (Lipinski definition) is 1. The van der Waals surface area contributed by atoms with E-state index in [1.807, 2.05) is 31.2 Å². The van der Waals surface area contributed by atoms with Crippen LogP contribution in [0, 0.1) is 6.92 Å². The number of rotatable bonds is 3. The van der Waals surface area contributed by atoms with E-state index in [-0.39, 0.29) is 0 Å². The molecule has 0 saturated carbocycles. The summed E-state index contributed by atoms with van der Waals surface area (Å²) < 4.78 is 5.29. The zero-order valence-electron chi connectivity index (χ0n) is 9.92. The maximum Gasteiger partial charge on any atom is 0.125 e. The second-order valence-electron chi connectivity index (χ2n) is 3.93. The largest absolute Gasteiger partial charge is 0.496 e. The van der Waals surface area contributed by atoms with E-state index >= 15 is 0 Å². The summed E-state index contributed by atoms with van der Waals surface area (Å²) in [5.41, 5.74) is 2.62. The minimum absolute atomic E-state index is 0.696. The Labute approximate surface area is 101 Å². The van der Waals surface area contributed by atoms with Crippen molar-refractivity contribution >= 4 is 0 Å². The average Bonchev–Trinajstić information content (AvgIpc) is 2.39. The van der Waals surface area contributed by atoms with Gasteiger partial charge in [-0.15, -0.1) is 0 Å². The molecular formula is C14H15NO2. The first kappa shape index (κ1) is 11.6. The molecule has 1 N–H and O–H groups in total. The van der Waals surface area contributed by atoms with Crippen LogP contribution >= 0.6 is 0 Å². The van der Waals surface area contributed by atoms with E-state index in [4.69, 9.17) is 4.74 Å². The summed E-state index contributed by atoms with van der Waals surface area (Å²) in [7, 11) is 1.61. The van der Waals surface area contributed by atoms with E-state index in [2.05, 4.69) is 4.98 Å². The SMILES string of the molecule is COc1cc(C)ccc1C(O)c1cccnc1. The second-order valence-corrected chi connectivity index (χ2v) is 3.93. The Hall–Kier alpha value is -1.87. The predicted molar refractivity (Wildman–Crippen MR) is 66.0 cm³/mol. The molecule has 0 aliphatic carbocycles. The van der Waals surface area contributed by atoms with E-state index in [0.717, 1.165) is 16.7 Å². The van der Waals surface area contributed by atoms with Gasteiger partial charge < -0.3 is 9.84 Å². The molecule has 3 heteroatoms. The molecule has 0 spiro atoms. The van der Waals surface area contributed by atoms with Crippen molar-refractivity contribution in [2.75, 3.05) is 7.11 Å². The standard InChI is InChI=1S/C14H15NO2/c1-10-5-6-12(13(8-10)17-2)14(16)11-4-3-7-15-9-11/h3-9,14,16H,1-2H3. The van der Waals surface area contributed by atoms with Gasteiger partial charge in [0.25, 0.3) is 0 Å². The number of aliphatic hydroxyl groups excluding tert-OH is 1. The number of pyridine rings is 1. The van der Waals surface area contributed by atoms with Gasteiger partial charge in [-0.2, -0.15) is 0 Å². The van der Waals surface area contributed by atoms with E-state index in [1.165, 1.54) is 0 Å². The summed E-state index contributed by atoms with van der Waals surface area (Å²) in [5.74, 6) is 0.696. The molecule has 2 aromatic rings. The molecule has 1 heterocycles. The molecule has 0 aliphatic rings. The number of ether oxygens (including phenoxy) is 1. The summed E-state index contributed by atoms with van der Waals surface area (Å²) in [6.07, 6.45) is 2.63. The number of benzene rings is 1. The Balaban J connectivity index is 2.40. The van der Waals surface area contributed by atoms with Crippen LogP contribution in [0.2, 0.25) is 0 Å². The minimum atomic E-state index is -0.709. The van der Waals surface area contributed by atoms with Gasteiger partial charge in [-0.25, -0.2) is 0 Å². The number of nitrogens with zero attached hydrogens (tertiary/aromatic N) is 1. The fraction of sp³-hybridized carbons (Fsp3) is 0.214. The van der Waals surface area contributed by atoms with Crippen LogP contribution in [0.3, 0.4) is 0 Å². The van der Waals surface area contributed by atoms with Crippen molar-refractivity contribution in [1.82, 2.24) is 4.98 Å². The molecule has 88 valence electrons. The monoisotopic (exact) mass is 229 g/mol. The Bertz CT molecular complexity index is 497. The lowest BCUT2D eigenvalue weighted by Crippen LogP contribution is -2.03. The number of aryl methyl sites for hydroxylation is 1. The number of aliphatic hydroxyl groups is 1. The van der Waals surface area contributed by atoms with Crippen LogP contribution in [0.25, 0.3) is 0 Å². The molecule has 0 fully saturated rings. The van der Waals surface area contributed by atoms with Crippen molar-refractivity contribution < 1.29 is 9.84 Å². The third-order valence-corrected chi connectivity index (χ3v) is 2.68. The molecule has 0 amide bonds. The lowest BCUT2D eigenvalue weighted by Gasteiger charge is -2.15. The third kappa shape index (κ3) is 2.45. The van der Waals surface area contributed by atoms with Crippen LogP contribution < -0.4 is 4.74 Å². The van der Waals surface area contributed by atoms with Gasteiger partial charge in [-0.05, 0) is 24.6 Å². The van der Waals surface area contributed by atoms with Crippen LogP contribution in [-0.2, 0) is 0 Å². The molecule has 0 bridgehead atoms. The lowest BCUT2D eigenvalue weighted by molar-refractivity contribution is 0.214. The smallest absolute Gasteiger partial charge is 0.125 e. The second kappa shape index (κ2) is 4.97. The molecule has 0 saturated heterocycles. The molecule has 0 aliphatic heterocycles. The number of aromatic nitrogens is 1. The fourth-order valence-electron chi connectivity index (χ4n) is 1.76. The van der Waals surface area contributed by atoms with Gasteiger partial charge in [0.2, 0.25) is 0 Å². The van der Waals surface area contributed by atoms with Gasteiger partial charge in [0, 0.05) is 23.5 Å². The van der Waals surface area contributed by atoms with E-state index < -0.39 is 6.10 Å². The predicted octanol–water partition coefficient (Wildman–Crippen LogP) is 2.48. The van der Waals surface area contributed by atoms with Crippen LogP contribution in [0.1, 0.15) is 22.8 Å². The summed E-state index contributed by atoms with van der Waals surface area (Å²) in [5, 5.41) is 10.3. The fourth-order valence-corrected chi connectivity index (χ4v) is 1.76. The Morgan fingerprint density at radius 3 is 2.76 bits per heavy atom. The van der Waals surface area contributed by atoms with Crippen molar-refractivity contribution in [1.29, 1.82) is 0 Å². The van der Waals surface area contributed by atoms with E-state index in [9.17, 15) is 5.11 Å². The third-order valence-electron chi connectivity index (χ3n) is 2.68. The summed E-state index contributed by atoms with van der Waals surface area (Å²) in [4.78, 5) is 4.00. The molecule has 1 aromatic heterocycles. The first-order valence-electron chi connectivity index (χ1n) is 5.45. The minimum Gasteiger partial charge on any atom is -0.496 e. The highest BCUT2D eigenvalue weighted by atomic mass is 16.5.